The van der Waals surface area contributed by atoms with Gasteiger partial charge in [-0.2, -0.15) is 0 Å². The van der Waals surface area contributed by atoms with Crippen LogP contribution in [0.2, 0.25) is 0 Å². The Morgan fingerprint density at radius 1 is 1.33 bits per heavy atom. The summed E-state index contributed by atoms with van der Waals surface area (Å²) in [6.07, 6.45) is 4.13. The normalized spacial score (nSPS) is 41.6. The molecule has 0 saturated carbocycles. The van der Waals surface area contributed by atoms with Crippen LogP contribution in [-0.4, -0.2) is 35.1 Å². The van der Waals surface area contributed by atoms with Crippen molar-refractivity contribution in [1.29, 1.82) is 0 Å². The molecule has 2 heterocycles. The average Bonchev–Trinajstić information content (AvgIpc) is 2.30. The largest absolute Gasteiger partial charge is 0.481 e. The highest BCUT2D eigenvalue weighted by atomic mass is 16.4. The van der Waals surface area contributed by atoms with Crippen LogP contribution in [0.5, 0.6) is 0 Å². The molecule has 2 bridgehead atoms. The van der Waals surface area contributed by atoms with Crippen molar-refractivity contribution in [3.8, 4) is 0 Å². The third-order valence-corrected chi connectivity index (χ3v) is 3.45. The smallest absolute Gasteiger partial charge is 0.306 e. The summed E-state index contributed by atoms with van der Waals surface area (Å²) in [4.78, 5) is 13.1. The lowest BCUT2D eigenvalue weighted by molar-refractivity contribution is -0.144. The van der Waals surface area contributed by atoms with Gasteiger partial charge in [0.1, 0.15) is 0 Å². The molecular weight excluding hydrogens is 154 g/mol. The number of hydrogen-bond donors (Lipinski definition) is 1. The third-order valence-electron chi connectivity index (χ3n) is 3.45. The SMILES string of the molecule is CN1C2CCC1CC(C(=O)O)C2. The van der Waals surface area contributed by atoms with Gasteiger partial charge in [0.15, 0.2) is 0 Å². The molecule has 2 aliphatic rings. The van der Waals surface area contributed by atoms with Crippen LogP contribution < -0.4 is 0 Å². The molecule has 0 radical (unpaired) electrons. The first-order valence-electron chi connectivity index (χ1n) is 4.63. The summed E-state index contributed by atoms with van der Waals surface area (Å²) in [7, 11) is 2.13. The van der Waals surface area contributed by atoms with Gasteiger partial charge in [0.25, 0.3) is 0 Å². The van der Waals surface area contributed by atoms with Gasteiger partial charge in [-0.25, -0.2) is 0 Å². The van der Waals surface area contributed by atoms with E-state index in [1.165, 1.54) is 12.8 Å². The molecule has 2 rings (SSSR count). The predicted octanol–water partition coefficient (Wildman–Crippen LogP) is 0.944. The first-order chi connectivity index (χ1) is 5.68. The van der Waals surface area contributed by atoms with E-state index in [9.17, 15) is 4.79 Å². The third kappa shape index (κ3) is 1.12. The zero-order valence-electron chi connectivity index (χ0n) is 7.36. The fourth-order valence-corrected chi connectivity index (χ4v) is 2.61. The number of fused-ring (bicyclic) bond motifs is 2. The highest BCUT2D eigenvalue weighted by Gasteiger charge is 2.40. The van der Waals surface area contributed by atoms with Gasteiger partial charge >= 0.3 is 5.97 Å². The number of piperidine rings is 1. The second-order valence-electron chi connectivity index (χ2n) is 4.06. The number of carboxylic acid groups (broad SMARTS) is 1. The van der Waals surface area contributed by atoms with E-state index in [0.717, 1.165) is 12.8 Å². The molecule has 2 aliphatic heterocycles. The molecule has 3 heteroatoms. The summed E-state index contributed by atoms with van der Waals surface area (Å²) in [6.45, 7) is 0. The zero-order valence-corrected chi connectivity index (χ0v) is 7.36. The van der Waals surface area contributed by atoms with Gasteiger partial charge in [0.05, 0.1) is 5.92 Å². The van der Waals surface area contributed by atoms with E-state index in [0.29, 0.717) is 12.1 Å². The van der Waals surface area contributed by atoms with E-state index < -0.39 is 5.97 Å². The van der Waals surface area contributed by atoms with Gasteiger partial charge < -0.3 is 10.0 Å². The maximum atomic E-state index is 10.8. The Bertz CT molecular complexity index is 191. The Kier molecular flexibility index (Phi) is 1.83. The number of carbonyl (C=O) groups is 1. The van der Waals surface area contributed by atoms with Gasteiger partial charge in [-0.3, -0.25) is 4.79 Å². The van der Waals surface area contributed by atoms with Crippen LogP contribution >= 0.6 is 0 Å². The molecule has 68 valence electrons. The minimum Gasteiger partial charge on any atom is -0.481 e. The Hall–Kier alpha value is -0.570. The van der Waals surface area contributed by atoms with E-state index in [1.807, 2.05) is 0 Å². The fraction of sp³-hybridized carbons (Fsp3) is 0.889. The molecule has 0 spiro atoms. The topological polar surface area (TPSA) is 40.5 Å². The maximum absolute atomic E-state index is 10.8. The molecule has 2 fully saturated rings. The standard InChI is InChI=1S/C9H15NO2/c1-10-7-2-3-8(10)5-6(4-7)9(11)12/h6-8H,2-5H2,1H3,(H,11,12). The number of hydrogen-bond acceptors (Lipinski definition) is 2. The van der Waals surface area contributed by atoms with Crippen LogP contribution in [0.15, 0.2) is 0 Å². The average molecular weight is 169 g/mol. The molecule has 0 aliphatic carbocycles. The van der Waals surface area contributed by atoms with Gasteiger partial charge in [-0.1, -0.05) is 0 Å². The number of rotatable bonds is 1. The Labute approximate surface area is 72.4 Å². The van der Waals surface area contributed by atoms with Gasteiger partial charge in [-0.05, 0) is 32.7 Å². The molecule has 3 nitrogen and oxygen atoms in total. The summed E-state index contributed by atoms with van der Waals surface area (Å²) >= 11 is 0. The molecular formula is C9H15NO2. The van der Waals surface area contributed by atoms with Crippen LogP contribution in [0, 0.1) is 5.92 Å². The fourth-order valence-electron chi connectivity index (χ4n) is 2.61. The molecule has 0 aromatic carbocycles. The summed E-state index contributed by atoms with van der Waals surface area (Å²) in [5.41, 5.74) is 0. The molecule has 0 amide bonds. The van der Waals surface area contributed by atoms with Crippen molar-refractivity contribution in [3.05, 3.63) is 0 Å². The van der Waals surface area contributed by atoms with Crippen LogP contribution in [0.4, 0.5) is 0 Å². The summed E-state index contributed by atoms with van der Waals surface area (Å²) in [5.74, 6) is -0.668. The molecule has 0 aromatic heterocycles. The van der Waals surface area contributed by atoms with E-state index >= 15 is 0 Å². The minimum absolute atomic E-state index is 0.0706. The molecule has 2 unspecified atom stereocenters. The Balaban J connectivity index is 2.07. The second kappa shape index (κ2) is 2.73. The van der Waals surface area contributed by atoms with E-state index in [2.05, 4.69) is 11.9 Å². The van der Waals surface area contributed by atoms with Crippen molar-refractivity contribution in [3.63, 3.8) is 0 Å². The van der Waals surface area contributed by atoms with Crippen molar-refractivity contribution in [2.75, 3.05) is 7.05 Å². The number of carboxylic acids is 1. The van der Waals surface area contributed by atoms with Crippen LogP contribution in [0.1, 0.15) is 25.7 Å². The van der Waals surface area contributed by atoms with Crippen molar-refractivity contribution < 1.29 is 9.90 Å². The van der Waals surface area contributed by atoms with Crippen molar-refractivity contribution >= 4 is 5.97 Å². The molecule has 2 atom stereocenters. The minimum atomic E-state index is -0.597. The first-order valence-corrected chi connectivity index (χ1v) is 4.63. The van der Waals surface area contributed by atoms with Gasteiger partial charge in [-0.15, -0.1) is 0 Å². The highest BCUT2D eigenvalue weighted by molar-refractivity contribution is 5.70. The quantitative estimate of drug-likeness (QED) is 0.635. The Morgan fingerprint density at radius 2 is 1.83 bits per heavy atom. The number of aliphatic carboxylic acids is 1. The predicted molar refractivity (Wildman–Crippen MR) is 44.9 cm³/mol. The van der Waals surface area contributed by atoms with E-state index in [1.54, 1.807) is 0 Å². The van der Waals surface area contributed by atoms with E-state index in [4.69, 9.17) is 5.11 Å². The van der Waals surface area contributed by atoms with Crippen LogP contribution in [-0.2, 0) is 4.79 Å². The van der Waals surface area contributed by atoms with Gasteiger partial charge in [0.2, 0.25) is 0 Å². The molecule has 12 heavy (non-hydrogen) atoms. The second-order valence-corrected chi connectivity index (χ2v) is 4.06. The first kappa shape index (κ1) is 8.05. The lowest BCUT2D eigenvalue weighted by Crippen LogP contribution is -2.41. The zero-order chi connectivity index (χ0) is 8.72. The van der Waals surface area contributed by atoms with Crippen molar-refractivity contribution in [2.45, 2.75) is 37.8 Å². The van der Waals surface area contributed by atoms with Crippen molar-refractivity contribution in [2.24, 2.45) is 5.92 Å². The molecule has 1 N–H and O–H groups in total. The highest BCUT2D eigenvalue weighted by Crippen LogP contribution is 2.37. The Morgan fingerprint density at radius 3 is 2.25 bits per heavy atom. The summed E-state index contributed by atoms with van der Waals surface area (Å²) < 4.78 is 0. The molecule has 2 saturated heterocycles. The van der Waals surface area contributed by atoms with Gasteiger partial charge in [0, 0.05) is 12.1 Å². The maximum Gasteiger partial charge on any atom is 0.306 e. The van der Waals surface area contributed by atoms with E-state index in [-0.39, 0.29) is 5.92 Å². The summed E-state index contributed by atoms with van der Waals surface area (Å²) in [5, 5.41) is 8.87. The lowest BCUT2D eigenvalue weighted by Gasteiger charge is -2.34. The number of nitrogens with zero attached hydrogens (tertiary/aromatic N) is 1. The molecule has 0 aromatic rings. The van der Waals surface area contributed by atoms with Crippen molar-refractivity contribution in [1.82, 2.24) is 4.90 Å². The summed E-state index contributed by atoms with van der Waals surface area (Å²) in [6, 6.07) is 1.09. The van der Waals surface area contributed by atoms with Crippen LogP contribution in [0.3, 0.4) is 0 Å². The monoisotopic (exact) mass is 169 g/mol. The van der Waals surface area contributed by atoms with Crippen LogP contribution in [0.25, 0.3) is 0 Å². The lowest BCUT2D eigenvalue weighted by atomic mass is 9.91.